The Kier molecular flexibility index (Phi) is 5.34. The predicted octanol–water partition coefficient (Wildman–Crippen LogP) is 1.37. The summed E-state index contributed by atoms with van der Waals surface area (Å²) in [7, 11) is 0. The van der Waals surface area contributed by atoms with Gasteiger partial charge in [0.1, 0.15) is 5.41 Å². The second-order valence-electron chi connectivity index (χ2n) is 6.24. The van der Waals surface area contributed by atoms with Gasteiger partial charge in [0.2, 0.25) is 18.2 Å². The lowest BCUT2D eigenvalue weighted by atomic mass is 9.89. The van der Waals surface area contributed by atoms with Crippen LogP contribution in [0.5, 0.6) is 0 Å². The van der Waals surface area contributed by atoms with Gasteiger partial charge in [0.15, 0.2) is 17.5 Å². The van der Waals surface area contributed by atoms with Gasteiger partial charge in [0.25, 0.3) is 0 Å². The Morgan fingerprint density at radius 2 is 1.68 bits per heavy atom. The topological polar surface area (TPSA) is 69.7 Å². The van der Waals surface area contributed by atoms with Crippen molar-refractivity contribution in [3.63, 3.8) is 0 Å². The first-order chi connectivity index (χ1) is 11.7. The van der Waals surface area contributed by atoms with Gasteiger partial charge in [-0.2, -0.15) is 0 Å². The molecule has 0 saturated carbocycles. The summed E-state index contributed by atoms with van der Waals surface area (Å²) in [6.07, 6.45) is 0.686. The lowest BCUT2D eigenvalue weighted by Gasteiger charge is -2.36. The summed E-state index contributed by atoms with van der Waals surface area (Å²) in [5.41, 5.74) is -2.10. The summed E-state index contributed by atoms with van der Waals surface area (Å²) in [6, 6.07) is 1.57. The molecule has 1 aromatic rings. The zero-order valence-corrected chi connectivity index (χ0v) is 13.8. The summed E-state index contributed by atoms with van der Waals surface area (Å²) < 4.78 is 39.9. The van der Waals surface area contributed by atoms with Gasteiger partial charge >= 0.3 is 0 Å². The number of hydrogen-bond donors (Lipinski definition) is 1. The van der Waals surface area contributed by atoms with E-state index in [0.717, 1.165) is 6.07 Å². The Labute approximate surface area is 142 Å². The molecule has 1 saturated heterocycles. The van der Waals surface area contributed by atoms with Crippen LogP contribution in [0.1, 0.15) is 13.8 Å². The molecular weight excluding hydrogens is 339 g/mol. The minimum atomic E-state index is -1.70. The highest BCUT2D eigenvalue weighted by atomic mass is 19.2. The molecule has 1 aromatic carbocycles. The molecule has 0 atom stereocenters. The maximum atomic E-state index is 13.7. The van der Waals surface area contributed by atoms with Crippen molar-refractivity contribution in [3.8, 4) is 0 Å². The van der Waals surface area contributed by atoms with Crippen LogP contribution in [0.3, 0.4) is 0 Å². The molecule has 0 aromatic heterocycles. The number of benzene rings is 1. The molecule has 136 valence electrons. The number of carbonyl (C=O) groups is 3. The summed E-state index contributed by atoms with van der Waals surface area (Å²) in [4.78, 5) is 38.6. The number of rotatable bonds is 4. The molecule has 0 bridgehead atoms. The third kappa shape index (κ3) is 3.75. The van der Waals surface area contributed by atoms with Gasteiger partial charge in [-0.05, 0) is 26.0 Å². The lowest BCUT2D eigenvalue weighted by molar-refractivity contribution is -0.148. The lowest BCUT2D eigenvalue weighted by Crippen LogP contribution is -2.54. The third-order valence-electron chi connectivity index (χ3n) is 4.14. The molecule has 1 aliphatic heterocycles. The van der Waals surface area contributed by atoms with E-state index in [4.69, 9.17) is 0 Å². The summed E-state index contributed by atoms with van der Waals surface area (Å²) in [5.74, 6) is -5.96. The first-order valence-electron chi connectivity index (χ1n) is 7.62. The van der Waals surface area contributed by atoms with E-state index < -0.39 is 40.4 Å². The van der Waals surface area contributed by atoms with Crippen molar-refractivity contribution in [1.82, 2.24) is 9.80 Å². The standard InChI is InChI=1S/C16H18F3N3O3/c1-16(2,15(25)22-7-5-21(9-23)6-8-22)14(24)20-11-4-3-10(17)12(18)13(11)19/h3-4,9H,5-8H2,1-2H3,(H,20,24). The zero-order valence-electron chi connectivity index (χ0n) is 13.8. The maximum absolute atomic E-state index is 13.7. The molecule has 3 amide bonds. The fourth-order valence-corrected chi connectivity index (χ4v) is 2.42. The van der Waals surface area contributed by atoms with E-state index in [-0.39, 0.29) is 13.1 Å². The second-order valence-corrected chi connectivity index (χ2v) is 6.24. The molecule has 1 fully saturated rings. The van der Waals surface area contributed by atoms with E-state index in [2.05, 4.69) is 5.32 Å². The second kappa shape index (κ2) is 7.12. The Hall–Kier alpha value is -2.58. The van der Waals surface area contributed by atoms with Gasteiger partial charge in [-0.1, -0.05) is 0 Å². The van der Waals surface area contributed by atoms with E-state index in [1.54, 1.807) is 0 Å². The van der Waals surface area contributed by atoms with Gasteiger partial charge in [-0.15, -0.1) is 0 Å². The first-order valence-corrected chi connectivity index (χ1v) is 7.62. The quantitative estimate of drug-likeness (QED) is 0.503. The fraction of sp³-hybridized carbons (Fsp3) is 0.438. The van der Waals surface area contributed by atoms with Crippen LogP contribution in [0.15, 0.2) is 12.1 Å². The van der Waals surface area contributed by atoms with Crippen molar-refractivity contribution in [2.75, 3.05) is 31.5 Å². The molecule has 0 unspecified atom stereocenters. The number of piperazine rings is 1. The van der Waals surface area contributed by atoms with E-state index in [9.17, 15) is 27.6 Å². The largest absolute Gasteiger partial charge is 0.342 e. The van der Waals surface area contributed by atoms with Crippen LogP contribution in [0.2, 0.25) is 0 Å². The van der Waals surface area contributed by atoms with Crippen molar-refractivity contribution in [1.29, 1.82) is 0 Å². The highest BCUT2D eigenvalue weighted by Gasteiger charge is 2.40. The van der Waals surface area contributed by atoms with Gasteiger partial charge < -0.3 is 15.1 Å². The van der Waals surface area contributed by atoms with Crippen LogP contribution < -0.4 is 5.32 Å². The molecule has 2 rings (SSSR count). The van der Waals surface area contributed by atoms with Gasteiger partial charge in [-0.25, -0.2) is 13.2 Å². The smallest absolute Gasteiger partial charge is 0.239 e. The molecular formula is C16H18F3N3O3. The number of nitrogens with zero attached hydrogens (tertiary/aromatic N) is 2. The number of halogens is 3. The van der Waals surface area contributed by atoms with E-state index >= 15 is 0 Å². The highest BCUT2D eigenvalue weighted by Crippen LogP contribution is 2.25. The van der Waals surface area contributed by atoms with Gasteiger partial charge in [0.05, 0.1) is 5.69 Å². The number of anilines is 1. The molecule has 9 heteroatoms. The molecule has 1 N–H and O–H groups in total. The third-order valence-corrected chi connectivity index (χ3v) is 4.14. The molecule has 0 spiro atoms. The van der Waals surface area contributed by atoms with Crippen LogP contribution in [-0.4, -0.2) is 54.2 Å². The minimum Gasteiger partial charge on any atom is -0.342 e. The molecule has 1 heterocycles. The predicted molar refractivity (Wildman–Crippen MR) is 82.9 cm³/mol. The van der Waals surface area contributed by atoms with Crippen LogP contribution >= 0.6 is 0 Å². The van der Waals surface area contributed by atoms with Crippen molar-refractivity contribution in [2.45, 2.75) is 13.8 Å². The van der Waals surface area contributed by atoms with Crippen LogP contribution in [0.4, 0.5) is 18.9 Å². The normalized spacial score (nSPS) is 15.1. The molecule has 0 radical (unpaired) electrons. The van der Waals surface area contributed by atoms with E-state index in [0.29, 0.717) is 25.6 Å². The Balaban J connectivity index is 2.11. The van der Waals surface area contributed by atoms with Gasteiger partial charge in [-0.3, -0.25) is 14.4 Å². The maximum Gasteiger partial charge on any atom is 0.239 e. The average Bonchev–Trinajstić information content (AvgIpc) is 2.61. The number of carbonyl (C=O) groups excluding carboxylic acids is 3. The summed E-state index contributed by atoms with van der Waals surface area (Å²) >= 11 is 0. The molecule has 1 aliphatic rings. The van der Waals surface area contributed by atoms with Crippen LogP contribution in [0, 0.1) is 22.9 Å². The summed E-state index contributed by atoms with van der Waals surface area (Å²) in [6.45, 7) is 3.96. The van der Waals surface area contributed by atoms with Crippen LogP contribution in [-0.2, 0) is 14.4 Å². The Morgan fingerprint density at radius 1 is 1.08 bits per heavy atom. The SMILES string of the molecule is CC(C)(C(=O)Nc1ccc(F)c(F)c1F)C(=O)N1CCN(C=O)CC1. The first kappa shape index (κ1) is 18.8. The molecule has 0 aliphatic carbocycles. The van der Waals surface area contributed by atoms with Crippen molar-refractivity contribution >= 4 is 23.9 Å². The fourth-order valence-electron chi connectivity index (χ4n) is 2.42. The molecule has 25 heavy (non-hydrogen) atoms. The average molecular weight is 357 g/mol. The highest BCUT2D eigenvalue weighted by molar-refractivity contribution is 6.09. The number of nitrogens with one attached hydrogen (secondary N) is 1. The molecule has 6 nitrogen and oxygen atoms in total. The van der Waals surface area contributed by atoms with Crippen molar-refractivity contribution in [2.24, 2.45) is 5.41 Å². The Morgan fingerprint density at radius 3 is 2.24 bits per heavy atom. The van der Waals surface area contributed by atoms with E-state index in [1.807, 2.05) is 0 Å². The van der Waals surface area contributed by atoms with E-state index in [1.165, 1.54) is 23.6 Å². The van der Waals surface area contributed by atoms with Crippen molar-refractivity contribution < 1.29 is 27.6 Å². The zero-order chi connectivity index (χ0) is 18.8. The van der Waals surface area contributed by atoms with Gasteiger partial charge in [0, 0.05) is 26.2 Å². The minimum absolute atomic E-state index is 0.272. The van der Waals surface area contributed by atoms with Crippen LogP contribution in [0.25, 0.3) is 0 Å². The van der Waals surface area contributed by atoms with Crippen molar-refractivity contribution in [3.05, 3.63) is 29.6 Å². The number of hydrogen-bond acceptors (Lipinski definition) is 3. The summed E-state index contributed by atoms with van der Waals surface area (Å²) in [5, 5.41) is 2.12. The number of amides is 3. The Bertz CT molecular complexity index is 701. The monoisotopic (exact) mass is 357 g/mol.